The first-order valence-electron chi connectivity index (χ1n) is 4.65. The smallest absolute Gasteiger partial charge is 0.119 e. The summed E-state index contributed by atoms with van der Waals surface area (Å²) in [7, 11) is 1.64. The SMILES string of the molecule is COc1cccc(-c2cc(N)ccn2)c1. The van der Waals surface area contributed by atoms with E-state index in [0.717, 1.165) is 17.0 Å². The van der Waals surface area contributed by atoms with Gasteiger partial charge in [-0.25, -0.2) is 0 Å². The molecule has 2 rings (SSSR count). The summed E-state index contributed by atoms with van der Waals surface area (Å²) in [5.41, 5.74) is 8.26. The summed E-state index contributed by atoms with van der Waals surface area (Å²) >= 11 is 0. The molecule has 0 unspecified atom stereocenters. The molecule has 2 aromatic rings. The minimum Gasteiger partial charge on any atom is -0.497 e. The Kier molecular flexibility index (Phi) is 2.54. The molecule has 2 N–H and O–H groups in total. The van der Waals surface area contributed by atoms with E-state index in [1.54, 1.807) is 19.4 Å². The van der Waals surface area contributed by atoms with Crippen LogP contribution in [0.5, 0.6) is 5.75 Å². The molecule has 0 amide bonds. The summed E-state index contributed by atoms with van der Waals surface area (Å²) in [5.74, 6) is 0.816. The van der Waals surface area contributed by atoms with Crippen molar-refractivity contribution in [1.29, 1.82) is 0 Å². The van der Waals surface area contributed by atoms with Crippen LogP contribution < -0.4 is 10.5 Å². The minimum atomic E-state index is 0.711. The van der Waals surface area contributed by atoms with Gasteiger partial charge in [0.05, 0.1) is 12.8 Å². The molecule has 0 saturated heterocycles. The Morgan fingerprint density at radius 3 is 2.80 bits per heavy atom. The Morgan fingerprint density at radius 1 is 1.20 bits per heavy atom. The van der Waals surface area contributed by atoms with Crippen LogP contribution in [0.2, 0.25) is 0 Å². The summed E-state index contributed by atoms with van der Waals surface area (Å²) in [6.07, 6.45) is 1.70. The maximum absolute atomic E-state index is 5.70. The van der Waals surface area contributed by atoms with Crippen molar-refractivity contribution in [2.75, 3.05) is 12.8 Å². The number of hydrogen-bond acceptors (Lipinski definition) is 3. The number of benzene rings is 1. The van der Waals surface area contributed by atoms with Crippen molar-refractivity contribution < 1.29 is 4.74 Å². The van der Waals surface area contributed by atoms with Crippen LogP contribution in [0.15, 0.2) is 42.6 Å². The predicted octanol–water partition coefficient (Wildman–Crippen LogP) is 2.34. The molecule has 0 bridgehead atoms. The highest BCUT2D eigenvalue weighted by atomic mass is 16.5. The molecule has 0 fully saturated rings. The lowest BCUT2D eigenvalue weighted by atomic mass is 10.1. The first-order valence-corrected chi connectivity index (χ1v) is 4.65. The highest BCUT2D eigenvalue weighted by Gasteiger charge is 2.00. The third-order valence-electron chi connectivity index (χ3n) is 2.15. The molecule has 0 spiro atoms. The van der Waals surface area contributed by atoms with Crippen molar-refractivity contribution in [3.8, 4) is 17.0 Å². The molecule has 3 nitrogen and oxygen atoms in total. The van der Waals surface area contributed by atoms with Gasteiger partial charge in [-0.05, 0) is 24.3 Å². The van der Waals surface area contributed by atoms with Gasteiger partial charge >= 0.3 is 0 Å². The first kappa shape index (κ1) is 9.52. The lowest BCUT2D eigenvalue weighted by molar-refractivity contribution is 0.415. The maximum atomic E-state index is 5.70. The normalized spacial score (nSPS) is 9.93. The Hall–Kier alpha value is -2.03. The van der Waals surface area contributed by atoms with Crippen LogP contribution in [0.3, 0.4) is 0 Å². The number of ether oxygens (including phenoxy) is 1. The second-order valence-electron chi connectivity index (χ2n) is 3.21. The van der Waals surface area contributed by atoms with Crippen molar-refractivity contribution in [1.82, 2.24) is 4.98 Å². The van der Waals surface area contributed by atoms with Crippen molar-refractivity contribution in [2.24, 2.45) is 0 Å². The fourth-order valence-corrected chi connectivity index (χ4v) is 1.39. The van der Waals surface area contributed by atoms with Crippen LogP contribution in [0, 0.1) is 0 Å². The number of pyridine rings is 1. The molecule has 1 heterocycles. The van der Waals surface area contributed by atoms with Crippen LogP contribution in [-0.2, 0) is 0 Å². The van der Waals surface area contributed by atoms with E-state index < -0.39 is 0 Å². The predicted molar refractivity (Wildman–Crippen MR) is 60.6 cm³/mol. The Morgan fingerprint density at radius 2 is 2.07 bits per heavy atom. The second kappa shape index (κ2) is 4.00. The number of anilines is 1. The van der Waals surface area contributed by atoms with Crippen LogP contribution in [0.1, 0.15) is 0 Å². The zero-order valence-corrected chi connectivity index (χ0v) is 8.47. The van der Waals surface area contributed by atoms with Gasteiger partial charge in [0.2, 0.25) is 0 Å². The van der Waals surface area contributed by atoms with Gasteiger partial charge in [-0.15, -0.1) is 0 Å². The zero-order chi connectivity index (χ0) is 10.7. The topological polar surface area (TPSA) is 48.1 Å². The van der Waals surface area contributed by atoms with Gasteiger partial charge in [-0.2, -0.15) is 0 Å². The van der Waals surface area contributed by atoms with Crippen LogP contribution >= 0.6 is 0 Å². The molecule has 1 aromatic carbocycles. The highest BCUT2D eigenvalue weighted by Crippen LogP contribution is 2.22. The summed E-state index contributed by atoms with van der Waals surface area (Å²) in [6.45, 7) is 0. The van der Waals surface area contributed by atoms with Gasteiger partial charge in [-0.3, -0.25) is 4.98 Å². The number of methoxy groups -OCH3 is 1. The van der Waals surface area contributed by atoms with E-state index in [4.69, 9.17) is 10.5 Å². The third kappa shape index (κ3) is 2.07. The average molecular weight is 200 g/mol. The van der Waals surface area contributed by atoms with E-state index in [0.29, 0.717) is 5.69 Å². The zero-order valence-electron chi connectivity index (χ0n) is 8.47. The first-order chi connectivity index (χ1) is 7.29. The van der Waals surface area contributed by atoms with Crippen molar-refractivity contribution in [3.63, 3.8) is 0 Å². The molecular formula is C12H12N2O. The molecule has 3 heteroatoms. The molecule has 0 atom stereocenters. The molecule has 0 radical (unpaired) electrons. The van der Waals surface area contributed by atoms with Crippen LogP contribution in [-0.4, -0.2) is 12.1 Å². The summed E-state index contributed by atoms with van der Waals surface area (Å²) in [4.78, 5) is 4.25. The van der Waals surface area contributed by atoms with Crippen molar-refractivity contribution >= 4 is 5.69 Å². The minimum absolute atomic E-state index is 0.711. The summed E-state index contributed by atoms with van der Waals surface area (Å²) in [6, 6.07) is 11.3. The molecular weight excluding hydrogens is 188 g/mol. The summed E-state index contributed by atoms with van der Waals surface area (Å²) < 4.78 is 5.15. The Labute approximate surface area is 88.5 Å². The van der Waals surface area contributed by atoms with Gasteiger partial charge < -0.3 is 10.5 Å². The lowest BCUT2D eigenvalue weighted by Crippen LogP contribution is -1.89. The van der Waals surface area contributed by atoms with Gasteiger partial charge in [-0.1, -0.05) is 12.1 Å². The molecule has 0 aliphatic carbocycles. The van der Waals surface area contributed by atoms with Crippen LogP contribution in [0.4, 0.5) is 5.69 Å². The third-order valence-corrected chi connectivity index (χ3v) is 2.15. The van der Waals surface area contributed by atoms with Crippen LogP contribution in [0.25, 0.3) is 11.3 Å². The Balaban J connectivity index is 2.44. The van der Waals surface area contributed by atoms with E-state index in [9.17, 15) is 0 Å². The molecule has 76 valence electrons. The van der Waals surface area contributed by atoms with E-state index in [-0.39, 0.29) is 0 Å². The quantitative estimate of drug-likeness (QED) is 0.809. The number of hydrogen-bond donors (Lipinski definition) is 1. The van der Waals surface area contributed by atoms with E-state index >= 15 is 0 Å². The standard InChI is InChI=1S/C12H12N2O/c1-15-11-4-2-3-9(7-11)12-8-10(13)5-6-14-12/h2-8H,1H3,(H2,13,14). The molecule has 1 aromatic heterocycles. The lowest BCUT2D eigenvalue weighted by Gasteiger charge is -2.04. The largest absolute Gasteiger partial charge is 0.497 e. The molecule has 0 saturated carbocycles. The van der Waals surface area contributed by atoms with Crippen molar-refractivity contribution in [2.45, 2.75) is 0 Å². The molecule has 0 aliphatic heterocycles. The number of aromatic nitrogens is 1. The van der Waals surface area contributed by atoms with Crippen molar-refractivity contribution in [3.05, 3.63) is 42.6 Å². The van der Waals surface area contributed by atoms with Gasteiger partial charge in [0.1, 0.15) is 5.75 Å². The highest BCUT2D eigenvalue weighted by molar-refractivity contribution is 5.64. The monoisotopic (exact) mass is 200 g/mol. The fraction of sp³-hybridized carbons (Fsp3) is 0.0833. The maximum Gasteiger partial charge on any atom is 0.119 e. The number of nitrogens with two attached hydrogens (primary N) is 1. The molecule has 0 aliphatic rings. The van der Waals surface area contributed by atoms with E-state index in [2.05, 4.69) is 4.98 Å². The fourth-order valence-electron chi connectivity index (χ4n) is 1.39. The second-order valence-corrected chi connectivity index (χ2v) is 3.21. The van der Waals surface area contributed by atoms with Gasteiger partial charge in [0.25, 0.3) is 0 Å². The molecule has 15 heavy (non-hydrogen) atoms. The summed E-state index contributed by atoms with van der Waals surface area (Å²) in [5, 5.41) is 0. The Bertz CT molecular complexity index is 469. The van der Waals surface area contributed by atoms with Gasteiger partial charge in [0, 0.05) is 17.4 Å². The number of nitrogen functional groups attached to an aromatic ring is 1. The van der Waals surface area contributed by atoms with E-state index in [1.807, 2.05) is 30.3 Å². The number of nitrogens with zero attached hydrogens (tertiary/aromatic N) is 1. The number of rotatable bonds is 2. The van der Waals surface area contributed by atoms with E-state index in [1.165, 1.54) is 0 Å². The average Bonchev–Trinajstić information content (AvgIpc) is 2.29. The van der Waals surface area contributed by atoms with Gasteiger partial charge in [0.15, 0.2) is 0 Å².